The highest BCUT2D eigenvalue weighted by Crippen LogP contribution is 2.21. The molecule has 2 aromatic carbocycles. The zero-order chi connectivity index (χ0) is 21.3. The van der Waals surface area contributed by atoms with Crippen LogP contribution in [0.3, 0.4) is 0 Å². The van der Waals surface area contributed by atoms with Crippen LogP contribution in [0.25, 0.3) is 10.8 Å². The van der Waals surface area contributed by atoms with Gasteiger partial charge in [0.15, 0.2) is 0 Å². The lowest BCUT2D eigenvalue weighted by Gasteiger charge is -2.25. The quantitative estimate of drug-likeness (QED) is 0.621. The number of pyridine rings is 1. The minimum atomic E-state index is -1.19. The van der Waals surface area contributed by atoms with E-state index in [0.29, 0.717) is 16.6 Å². The van der Waals surface area contributed by atoms with E-state index in [-0.39, 0.29) is 24.7 Å². The van der Waals surface area contributed by atoms with Gasteiger partial charge in [0.2, 0.25) is 5.91 Å². The maximum Gasteiger partial charge on any atom is 0.474 e. The number of hydrogen-bond acceptors (Lipinski definition) is 6. The summed E-state index contributed by atoms with van der Waals surface area (Å²) in [7, 11) is -1.19. The van der Waals surface area contributed by atoms with Crippen LogP contribution in [-0.4, -0.2) is 46.4 Å². The number of benzene rings is 2. The van der Waals surface area contributed by atoms with Crippen LogP contribution in [0.4, 0.5) is 0 Å². The summed E-state index contributed by atoms with van der Waals surface area (Å²) in [6.07, 6.45) is 5.29. The van der Waals surface area contributed by atoms with Crippen molar-refractivity contribution in [2.24, 2.45) is 10.8 Å². The Balaban J connectivity index is 1.60. The van der Waals surface area contributed by atoms with E-state index in [2.05, 4.69) is 10.1 Å². The highest BCUT2D eigenvalue weighted by Gasteiger charge is 2.33. The molecule has 0 spiro atoms. The second kappa shape index (κ2) is 8.18. The van der Waals surface area contributed by atoms with Crippen LogP contribution in [0, 0.1) is 0 Å². The Morgan fingerprint density at radius 2 is 2.00 bits per heavy atom. The number of aromatic nitrogens is 1. The van der Waals surface area contributed by atoms with Crippen LogP contribution >= 0.6 is 0 Å². The number of carbonyl (C=O) groups is 2. The molecular weight excluding hydrogens is 379 g/mol. The van der Waals surface area contributed by atoms with Crippen molar-refractivity contribution in [3.63, 3.8) is 0 Å². The van der Waals surface area contributed by atoms with Crippen molar-refractivity contribution in [1.82, 2.24) is 9.90 Å². The van der Waals surface area contributed by atoms with E-state index in [9.17, 15) is 14.6 Å². The molecule has 150 valence electrons. The zero-order valence-electron chi connectivity index (χ0n) is 16.5. The standard InChI is InChI=1S/C22H21BN4O3/c1-14(28)27-23(30)21-10-17(4-5-19(21)13-26-27)20(11-24)22(29)9-15-2-3-18-12-25-7-6-16(18)8-15/h2-8,10,12-13,20,30H,9,11,24H2,1H3. The van der Waals surface area contributed by atoms with Gasteiger partial charge >= 0.3 is 7.05 Å². The Morgan fingerprint density at radius 3 is 2.77 bits per heavy atom. The number of fused-ring (bicyclic) bond motifs is 2. The van der Waals surface area contributed by atoms with Gasteiger partial charge in [-0.05, 0) is 33.6 Å². The number of amides is 1. The molecule has 1 aliphatic heterocycles. The van der Waals surface area contributed by atoms with Gasteiger partial charge < -0.3 is 10.8 Å². The zero-order valence-corrected chi connectivity index (χ0v) is 16.5. The first-order chi connectivity index (χ1) is 14.5. The molecule has 3 aromatic rings. The van der Waals surface area contributed by atoms with Gasteiger partial charge in [0.25, 0.3) is 0 Å². The monoisotopic (exact) mass is 400 g/mol. The summed E-state index contributed by atoms with van der Waals surface area (Å²) >= 11 is 0. The second-order valence-corrected chi connectivity index (χ2v) is 7.36. The number of ketones is 1. The van der Waals surface area contributed by atoms with Gasteiger partial charge in [0.05, 0.1) is 12.1 Å². The van der Waals surface area contributed by atoms with Crippen LogP contribution in [0.5, 0.6) is 0 Å². The fourth-order valence-electron chi connectivity index (χ4n) is 3.74. The Labute approximate surface area is 174 Å². The minimum Gasteiger partial charge on any atom is -0.427 e. The first-order valence-corrected chi connectivity index (χ1v) is 9.69. The third-order valence-corrected chi connectivity index (χ3v) is 5.37. The number of nitrogens with zero attached hydrogens (tertiary/aromatic N) is 3. The molecular formula is C22H21BN4O3. The predicted molar refractivity (Wildman–Crippen MR) is 116 cm³/mol. The van der Waals surface area contributed by atoms with Gasteiger partial charge in [0, 0.05) is 37.7 Å². The number of nitrogens with two attached hydrogens (primary N) is 1. The van der Waals surface area contributed by atoms with Gasteiger partial charge in [-0.3, -0.25) is 14.6 Å². The highest BCUT2D eigenvalue weighted by atomic mass is 16.2. The average Bonchev–Trinajstić information content (AvgIpc) is 2.74. The largest absolute Gasteiger partial charge is 0.474 e. The average molecular weight is 400 g/mol. The normalized spacial score (nSPS) is 14.0. The molecule has 2 heterocycles. The summed E-state index contributed by atoms with van der Waals surface area (Å²) in [5.74, 6) is -0.888. The first kappa shape index (κ1) is 19.9. The molecule has 7 nitrogen and oxygen atoms in total. The third kappa shape index (κ3) is 3.75. The first-order valence-electron chi connectivity index (χ1n) is 9.69. The van der Waals surface area contributed by atoms with Crippen LogP contribution in [-0.2, 0) is 16.0 Å². The SMILES string of the molecule is CC(=O)N1N=Cc2ccc(C(CN)C(=O)Cc3ccc4cnccc4c3)cc2B1O. The lowest BCUT2D eigenvalue weighted by atomic mass is 9.68. The second-order valence-electron chi connectivity index (χ2n) is 7.36. The van der Waals surface area contributed by atoms with Crippen molar-refractivity contribution in [3.05, 3.63) is 71.5 Å². The molecule has 1 atom stereocenters. The van der Waals surface area contributed by atoms with E-state index in [0.717, 1.165) is 21.3 Å². The fourth-order valence-corrected chi connectivity index (χ4v) is 3.74. The Hall–Kier alpha value is -3.36. The molecule has 0 saturated carbocycles. The number of carbonyl (C=O) groups excluding carboxylic acids is 2. The number of Topliss-reactive ketones (excluding diaryl/α,β-unsaturated/α-hetero) is 1. The van der Waals surface area contributed by atoms with E-state index in [1.165, 1.54) is 13.1 Å². The molecule has 3 N–H and O–H groups in total. The van der Waals surface area contributed by atoms with E-state index in [4.69, 9.17) is 5.73 Å². The molecule has 30 heavy (non-hydrogen) atoms. The van der Waals surface area contributed by atoms with E-state index >= 15 is 0 Å². The maximum atomic E-state index is 13.1. The van der Waals surface area contributed by atoms with Crippen molar-refractivity contribution in [3.8, 4) is 0 Å². The molecule has 1 amide bonds. The smallest absolute Gasteiger partial charge is 0.427 e. The van der Waals surface area contributed by atoms with Crippen LogP contribution in [0.2, 0.25) is 0 Å². The molecule has 4 rings (SSSR count). The molecule has 0 aliphatic carbocycles. The molecule has 0 fully saturated rings. The van der Waals surface area contributed by atoms with Crippen molar-refractivity contribution in [2.45, 2.75) is 19.3 Å². The van der Waals surface area contributed by atoms with Crippen molar-refractivity contribution >= 4 is 41.2 Å². The van der Waals surface area contributed by atoms with Gasteiger partial charge in [0.1, 0.15) is 5.78 Å². The van der Waals surface area contributed by atoms with Crippen LogP contribution in [0.15, 0.2) is 60.0 Å². The molecule has 1 aromatic heterocycles. The summed E-state index contributed by atoms with van der Waals surface area (Å²) in [5, 5.41) is 16.5. The van der Waals surface area contributed by atoms with Crippen molar-refractivity contribution in [2.75, 3.05) is 6.54 Å². The van der Waals surface area contributed by atoms with Gasteiger partial charge in [-0.2, -0.15) is 5.10 Å². The summed E-state index contributed by atoms with van der Waals surface area (Å²) in [5.41, 5.74) is 8.81. The van der Waals surface area contributed by atoms with E-state index < -0.39 is 13.0 Å². The molecule has 8 heteroatoms. The summed E-state index contributed by atoms with van der Waals surface area (Å²) < 4.78 is 0. The third-order valence-electron chi connectivity index (χ3n) is 5.37. The Kier molecular flexibility index (Phi) is 5.43. The molecule has 1 aliphatic rings. The Bertz CT molecular complexity index is 1160. The summed E-state index contributed by atoms with van der Waals surface area (Å²) in [4.78, 5) is 29.8. The molecule has 0 radical (unpaired) electrons. The lowest BCUT2D eigenvalue weighted by Crippen LogP contribution is -2.51. The topological polar surface area (TPSA) is 109 Å². The predicted octanol–water partition coefficient (Wildman–Crippen LogP) is 0.972. The fraction of sp³-hybridized carbons (Fsp3) is 0.182. The van der Waals surface area contributed by atoms with Crippen LogP contribution < -0.4 is 11.2 Å². The molecule has 1 unspecified atom stereocenters. The number of hydrogen-bond donors (Lipinski definition) is 2. The van der Waals surface area contributed by atoms with Gasteiger partial charge in [-0.15, -0.1) is 0 Å². The Morgan fingerprint density at radius 1 is 1.17 bits per heavy atom. The molecule has 0 bridgehead atoms. The van der Waals surface area contributed by atoms with Gasteiger partial charge in [-0.1, -0.05) is 36.4 Å². The number of rotatable bonds is 5. The number of hydrazone groups is 1. The molecule has 0 saturated heterocycles. The lowest BCUT2D eigenvalue weighted by molar-refractivity contribution is -0.125. The summed E-state index contributed by atoms with van der Waals surface area (Å²) in [6, 6.07) is 13.1. The van der Waals surface area contributed by atoms with Crippen LogP contribution in [0.1, 0.15) is 29.5 Å². The van der Waals surface area contributed by atoms with Gasteiger partial charge in [-0.25, -0.2) is 4.92 Å². The van der Waals surface area contributed by atoms with Crippen molar-refractivity contribution < 1.29 is 14.6 Å². The van der Waals surface area contributed by atoms with E-state index in [1.807, 2.05) is 30.3 Å². The maximum absolute atomic E-state index is 13.1. The summed E-state index contributed by atoms with van der Waals surface area (Å²) in [6.45, 7) is 1.48. The highest BCUT2D eigenvalue weighted by molar-refractivity contribution is 6.67. The van der Waals surface area contributed by atoms with E-state index in [1.54, 1.807) is 24.5 Å². The minimum absolute atomic E-state index is 0.00625. The van der Waals surface area contributed by atoms with Crippen molar-refractivity contribution in [1.29, 1.82) is 0 Å².